The van der Waals surface area contributed by atoms with Crippen molar-refractivity contribution in [1.82, 2.24) is 9.97 Å². The van der Waals surface area contributed by atoms with Crippen LogP contribution in [-0.4, -0.2) is 27.1 Å². The van der Waals surface area contributed by atoms with E-state index in [1.54, 1.807) is 0 Å². The van der Waals surface area contributed by atoms with Crippen molar-refractivity contribution in [2.45, 2.75) is 46.1 Å². The molecule has 2 rings (SSSR count). The average Bonchev–Trinajstić information content (AvgIpc) is 2.26. The molecule has 2 unspecified atom stereocenters. The SMILES string of the molecule is CC1CC(Oc2cncc(C(=O)O)n2)CC(C)(C)C1. The standard InChI is InChI=1S/C14H20N2O3/c1-9-4-10(6-14(2,3)5-9)19-12-8-15-7-11(16-12)13(17)18/h7-10H,4-6H2,1-3H3,(H,17,18). The second kappa shape index (κ2) is 5.15. The van der Waals surface area contributed by atoms with E-state index in [0.717, 1.165) is 12.8 Å². The number of nitrogens with zero attached hydrogens (tertiary/aromatic N) is 2. The van der Waals surface area contributed by atoms with Gasteiger partial charge in [0, 0.05) is 0 Å². The normalized spacial score (nSPS) is 25.8. The Kier molecular flexibility index (Phi) is 3.73. The van der Waals surface area contributed by atoms with E-state index >= 15 is 0 Å². The van der Waals surface area contributed by atoms with Crippen LogP contribution in [0.2, 0.25) is 0 Å². The summed E-state index contributed by atoms with van der Waals surface area (Å²) < 4.78 is 5.82. The third-order valence-corrected chi connectivity index (χ3v) is 3.47. The number of hydrogen-bond acceptors (Lipinski definition) is 4. The summed E-state index contributed by atoms with van der Waals surface area (Å²) in [4.78, 5) is 18.7. The first-order valence-electron chi connectivity index (χ1n) is 6.58. The minimum atomic E-state index is -1.09. The maximum Gasteiger partial charge on any atom is 0.356 e. The molecule has 0 spiro atoms. The lowest BCUT2D eigenvalue weighted by molar-refractivity contribution is 0.0519. The van der Waals surface area contributed by atoms with Gasteiger partial charge in [0.2, 0.25) is 5.88 Å². The molecule has 5 heteroatoms. The van der Waals surface area contributed by atoms with Gasteiger partial charge in [-0.15, -0.1) is 0 Å². The van der Waals surface area contributed by atoms with Crippen molar-refractivity contribution < 1.29 is 14.6 Å². The molecule has 0 aromatic carbocycles. The summed E-state index contributed by atoms with van der Waals surface area (Å²) in [5.74, 6) is -0.186. The number of carboxylic acids is 1. The molecule has 1 heterocycles. The molecule has 1 aromatic rings. The second-order valence-electron chi connectivity index (χ2n) is 6.20. The van der Waals surface area contributed by atoms with Crippen LogP contribution in [0.4, 0.5) is 0 Å². The monoisotopic (exact) mass is 264 g/mol. The van der Waals surface area contributed by atoms with Gasteiger partial charge in [-0.1, -0.05) is 20.8 Å². The highest BCUT2D eigenvalue weighted by Gasteiger charge is 2.33. The van der Waals surface area contributed by atoms with E-state index in [2.05, 4.69) is 30.7 Å². The quantitative estimate of drug-likeness (QED) is 0.908. The Morgan fingerprint density at radius 3 is 2.79 bits per heavy atom. The zero-order chi connectivity index (χ0) is 14.0. The van der Waals surface area contributed by atoms with Gasteiger partial charge < -0.3 is 9.84 Å². The fourth-order valence-corrected chi connectivity index (χ4v) is 3.03. The highest BCUT2D eigenvalue weighted by Crippen LogP contribution is 2.39. The smallest absolute Gasteiger partial charge is 0.356 e. The molecule has 0 radical (unpaired) electrons. The van der Waals surface area contributed by atoms with E-state index in [-0.39, 0.29) is 17.2 Å². The first-order valence-corrected chi connectivity index (χ1v) is 6.58. The van der Waals surface area contributed by atoms with Crippen LogP contribution in [-0.2, 0) is 0 Å². The molecule has 1 aliphatic rings. The minimum Gasteiger partial charge on any atom is -0.476 e. The predicted molar refractivity (Wildman–Crippen MR) is 70.2 cm³/mol. The van der Waals surface area contributed by atoms with E-state index in [0.29, 0.717) is 11.8 Å². The Morgan fingerprint density at radius 1 is 1.42 bits per heavy atom. The zero-order valence-corrected chi connectivity index (χ0v) is 11.6. The Morgan fingerprint density at radius 2 is 2.16 bits per heavy atom. The van der Waals surface area contributed by atoms with Gasteiger partial charge in [-0.25, -0.2) is 9.78 Å². The summed E-state index contributed by atoms with van der Waals surface area (Å²) in [5.41, 5.74) is 0.167. The molecule has 0 aliphatic heterocycles. The van der Waals surface area contributed by atoms with Gasteiger partial charge in [0.05, 0.1) is 12.4 Å². The maximum atomic E-state index is 10.8. The molecule has 2 atom stereocenters. The van der Waals surface area contributed by atoms with Crippen LogP contribution in [0, 0.1) is 11.3 Å². The molecule has 0 bridgehead atoms. The van der Waals surface area contributed by atoms with Crippen molar-refractivity contribution in [2.75, 3.05) is 0 Å². The van der Waals surface area contributed by atoms with E-state index in [4.69, 9.17) is 9.84 Å². The third kappa shape index (κ3) is 3.66. The summed E-state index contributed by atoms with van der Waals surface area (Å²) >= 11 is 0. The number of rotatable bonds is 3. The lowest BCUT2D eigenvalue weighted by Gasteiger charge is -2.38. The largest absolute Gasteiger partial charge is 0.476 e. The topological polar surface area (TPSA) is 72.3 Å². The van der Waals surface area contributed by atoms with Crippen molar-refractivity contribution in [2.24, 2.45) is 11.3 Å². The predicted octanol–water partition coefficient (Wildman–Crippen LogP) is 2.77. The molecular formula is C14H20N2O3. The highest BCUT2D eigenvalue weighted by atomic mass is 16.5. The van der Waals surface area contributed by atoms with Crippen molar-refractivity contribution in [1.29, 1.82) is 0 Å². The summed E-state index contributed by atoms with van der Waals surface area (Å²) in [6.45, 7) is 6.69. The molecule has 1 N–H and O–H groups in total. The van der Waals surface area contributed by atoms with Gasteiger partial charge in [-0.2, -0.15) is 0 Å². The Hall–Kier alpha value is -1.65. The molecule has 1 saturated carbocycles. The highest BCUT2D eigenvalue weighted by molar-refractivity contribution is 5.84. The van der Waals surface area contributed by atoms with E-state index in [1.807, 2.05) is 0 Å². The minimum absolute atomic E-state index is 0.0806. The van der Waals surface area contributed by atoms with E-state index in [1.165, 1.54) is 18.8 Å². The van der Waals surface area contributed by atoms with Crippen LogP contribution < -0.4 is 4.74 Å². The summed E-state index contributed by atoms with van der Waals surface area (Å²) in [6.07, 6.45) is 5.89. The Balaban J connectivity index is 2.08. The number of aromatic carboxylic acids is 1. The molecular weight excluding hydrogens is 244 g/mol. The molecule has 5 nitrogen and oxygen atoms in total. The fourth-order valence-electron chi connectivity index (χ4n) is 3.03. The van der Waals surface area contributed by atoms with Crippen LogP contribution in [0.5, 0.6) is 5.88 Å². The van der Waals surface area contributed by atoms with Crippen LogP contribution in [0.3, 0.4) is 0 Å². The summed E-state index contributed by atoms with van der Waals surface area (Å²) in [7, 11) is 0. The number of hydrogen-bond donors (Lipinski definition) is 1. The average molecular weight is 264 g/mol. The first-order chi connectivity index (χ1) is 8.85. The Bertz CT molecular complexity index is 474. The maximum absolute atomic E-state index is 10.8. The van der Waals surface area contributed by atoms with Gasteiger partial charge in [0.1, 0.15) is 6.10 Å². The first kappa shape index (κ1) is 13.8. The van der Waals surface area contributed by atoms with Crippen molar-refractivity contribution in [3.8, 4) is 5.88 Å². The number of carboxylic acid groups (broad SMARTS) is 1. The van der Waals surface area contributed by atoms with E-state index in [9.17, 15) is 4.79 Å². The fraction of sp³-hybridized carbons (Fsp3) is 0.643. The van der Waals surface area contributed by atoms with Crippen LogP contribution in [0.25, 0.3) is 0 Å². The molecule has 1 aliphatic carbocycles. The number of ether oxygens (including phenoxy) is 1. The lowest BCUT2D eigenvalue weighted by Crippen LogP contribution is -2.34. The molecule has 0 amide bonds. The molecule has 1 aromatic heterocycles. The molecule has 1 fully saturated rings. The zero-order valence-electron chi connectivity index (χ0n) is 11.6. The third-order valence-electron chi connectivity index (χ3n) is 3.47. The van der Waals surface area contributed by atoms with Crippen molar-refractivity contribution >= 4 is 5.97 Å². The summed E-state index contributed by atoms with van der Waals surface area (Å²) in [5, 5.41) is 8.88. The molecule has 19 heavy (non-hydrogen) atoms. The van der Waals surface area contributed by atoms with E-state index < -0.39 is 5.97 Å². The number of carbonyl (C=O) groups is 1. The van der Waals surface area contributed by atoms with Gasteiger partial charge in [-0.3, -0.25) is 4.98 Å². The summed E-state index contributed by atoms with van der Waals surface area (Å²) in [6, 6.07) is 0. The van der Waals surface area contributed by atoms with Crippen molar-refractivity contribution in [3.63, 3.8) is 0 Å². The van der Waals surface area contributed by atoms with Gasteiger partial charge in [0.25, 0.3) is 0 Å². The Labute approximate surface area is 113 Å². The molecule has 104 valence electrons. The lowest BCUT2D eigenvalue weighted by atomic mass is 9.71. The van der Waals surface area contributed by atoms with Gasteiger partial charge in [-0.05, 0) is 30.6 Å². The number of aromatic nitrogens is 2. The van der Waals surface area contributed by atoms with Crippen molar-refractivity contribution in [3.05, 3.63) is 18.1 Å². The van der Waals surface area contributed by atoms with Gasteiger partial charge >= 0.3 is 5.97 Å². The second-order valence-corrected chi connectivity index (χ2v) is 6.20. The van der Waals surface area contributed by atoms with Gasteiger partial charge in [0.15, 0.2) is 5.69 Å². The van der Waals surface area contributed by atoms with Crippen LogP contribution >= 0.6 is 0 Å². The van der Waals surface area contributed by atoms with Crippen LogP contribution in [0.15, 0.2) is 12.4 Å². The van der Waals surface area contributed by atoms with Crippen LogP contribution in [0.1, 0.15) is 50.5 Å². The molecule has 0 saturated heterocycles.